The van der Waals surface area contributed by atoms with Crippen molar-refractivity contribution in [2.75, 3.05) is 13.1 Å². The lowest BCUT2D eigenvalue weighted by Crippen LogP contribution is -2.38. The molecule has 0 unspecified atom stereocenters. The van der Waals surface area contributed by atoms with Crippen LogP contribution in [0.5, 0.6) is 0 Å². The minimum absolute atomic E-state index is 0.336. The summed E-state index contributed by atoms with van der Waals surface area (Å²) in [6.45, 7) is 5.01. The summed E-state index contributed by atoms with van der Waals surface area (Å²) in [5.74, 6) is 0.336. The SMILES string of the molecule is Cc1ccc(S(=O)(=O)N2CCC(c3cc4cc(Cl)ccc4[nH]3)CC2)cc1C. The number of nitrogens with one attached hydrogen (secondary N) is 1. The number of aromatic nitrogens is 1. The van der Waals surface area contributed by atoms with Crippen LogP contribution in [0.1, 0.15) is 35.6 Å². The molecule has 2 aromatic carbocycles. The van der Waals surface area contributed by atoms with E-state index >= 15 is 0 Å². The molecule has 0 atom stereocenters. The van der Waals surface area contributed by atoms with Gasteiger partial charge in [0.15, 0.2) is 0 Å². The highest BCUT2D eigenvalue weighted by Crippen LogP contribution is 2.33. The van der Waals surface area contributed by atoms with E-state index in [0.717, 1.165) is 45.6 Å². The van der Waals surface area contributed by atoms with Crippen LogP contribution in [-0.4, -0.2) is 30.8 Å². The van der Waals surface area contributed by atoms with E-state index in [0.29, 0.717) is 23.9 Å². The fourth-order valence-corrected chi connectivity index (χ4v) is 5.51. The van der Waals surface area contributed by atoms with E-state index in [1.165, 1.54) is 0 Å². The van der Waals surface area contributed by atoms with E-state index < -0.39 is 10.0 Å². The average molecular weight is 403 g/mol. The number of sulfonamides is 1. The largest absolute Gasteiger partial charge is 0.358 e. The number of rotatable bonds is 3. The van der Waals surface area contributed by atoms with Crippen LogP contribution in [0, 0.1) is 13.8 Å². The normalized spacial score (nSPS) is 16.9. The Morgan fingerprint density at radius 3 is 2.44 bits per heavy atom. The number of aromatic amines is 1. The van der Waals surface area contributed by atoms with Crippen LogP contribution in [0.15, 0.2) is 47.4 Å². The molecule has 1 fully saturated rings. The molecular weight excluding hydrogens is 380 g/mol. The van der Waals surface area contributed by atoms with E-state index in [2.05, 4.69) is 11.1 Å². The zero-order valence-electron chi connectivity index (χ0n) is 15.5. The third kappa shape index (κ3) is 3.51. The van der Waals surface area contributed by atoms with Crippen LogP contribution in [0.3, 0.4) is 0 Å². The van der Waals surface area contributed by atoms with Gasteiger partial charge < -0.3 is 4.98 Å². The second kappa shape index (κ2) is 6.97. The number of nitrogens with zero attached hydrogens (tertiary/aromatic N) is 1. The Balaban J connectivity index is 1.51. The number of benzene rings is 2. The van der Waals surface area contributed by atoms with Crippen LogP contribution >= 0.6 is 11.6 Å². The highest BCUT2D eigenvalue weighted by atomic mass is 35.5. The lowest BCUT2D eigenvalue weighted by atomic mass is 9.95. The Kier molecular flexibility index (Phi) is 4.78. The molecule has 1 aliphatic heterocycles. The Hall–Kier alpha value is -1.82. The third-order valence-electron chi connectivity index (χ3n) is 5.61. The van der Waals surface area contributed by atoms with Crippen molar-refractivity contribution in [3.63, 3.8) is 0 Å². The van der Waals surface area contributed by atoms with Gasteiger partial charge in [-0.05, 0) is 74.2 Å². The van der Waals surface area contributed by atoms with E-state index in [1.54, 1.807) is 16.4 Å². The summed E-state index contributed by atoms with van der Waals surface area (Å²) >= 11 is 6.07. The summed E-state index contributed by atoms with van der Waals surface area (Å²) in [5.41, 5.74) is 4.34. The van der Waals surface area contributed by atoms with Crippen molar-refractivity contribution < 1.29 is 8.42 Å². The topological polar surface area (TPSA) is 53.2 Å². The van der Waals surface area contributed by atoms with E-state index in [1.807, 2.05) is 38.1 Å². The maximum absolute atomic E-state index is 13.0. The summed E-state index contributed by atoms with van der Waals surface area (Å²) in [4.78, 5) is 3.86. The quantitative estimate of drug-likeness (QED) is 0.669. The van der Waals surface area contributed by atoms with Crippen molar-refractivity contribution in [3.05, 3.63) is 64.3 Å². The predicted octanol–water partition coefficient (Wildman–Crippen LogP) is 5.01. The van der Waals surface area contributed by atoms with Crippen LogP contribution < -0.4 is 0 Å². The maximum Gasteiger partial charge on any atom is 0.243 e. The fourth-order valence-electron chi connectivity index (χ4n) is 3.78. The molecule has 1 aromatic heterocycles. The Labute approximate surface area is 165 Å². The number of fused-ring (bicyclic) bond motifs is 1. The summed E-state index contributed by atoms with van der Waals surface area (Å²) in [6, 6.07) is 13.3. The van der Waals surface area contributed by atoms with Gasteiger partial charge in [-0.25, -0.2) is 8.42 Å². The van der Waals surface area contributed by atoms with Gasteiger partial charge in [0, 0.05) is 40.6 Å². The zero-order valence-corrected chi connectivity index (χ0v) is 17.1. The molecule has 0 bridgehead atoms. The van der Waals surface area contributed by atoms with Crippen molar-refractivity contribution in [1.29, 1.82) is 0 Å². The zero-order chi connectivity index (χ0) is 19.2. The van der Waals surface area contributed by atoms with E-state index in [4.69, 9.17) is 11.6 Å². The number of aryl methyl sites for hydroxylation is 2. The summed E-state index contributed by atoms with van der Waals surface area (Å²) in [5, 5.41) is 1.82. The molecule has 0 radical (unpaired) electrons. The molecule has 1 N–H and O–H groups in total. The average Bonchev–Trinajstić information content (AvgIpc) is 3.07. The van der Waals surface area contributed by atoms with E-state index in [-0.39, 0.29) is 0 Å². The second-order valence-corrected chi connectivity index (χ2v) is 9.76. The first kappa shape index (κ1) is 18.5. The molecular formula is C21H23ClN2O2S. The minimum Gasteiger partial charge on any atom is -0.358 e. The first-order chi connectivity index (χ1) is 12.8. The standard InChI is InChI=1S/C21H23ClN2O2S/c1-14-3-5-19(11-15(14)2)27(25,26)24-9-7-16(8-10-24)21-13-17-12-18(22)4-6-20(17)23-21/h3-6,11-13,16,23H,7-10H2,1-2H3. The third-order valence-corrected chi connectivity index (χ3v) is 7.74. The van der Waals surface area contributed by atoms with Crippen molar-refractivity contribution in [3.8, 4) is 0 Å². The molecule has 1 aliphatic rings. The molecule has 0 saturated carbocycles. The molecule has 4 nitrogen and oxygen atoms in total. The van der Waals surface area contributed by atoms with Gasteiger partial charge in [0.2, 0.25) is 10.0 Å². The second-order valence-electron chi connectivity index (χ2n) is 7.38. The van der Waals surface area contributed by atoms with Crippen LogP contribution in [0.25, 0.3) is 10.9 Å². The molecule has 0 amide bonds. The summed E-state index contributed by atoms with van der Waals surface area (Å²) < 4.78 is 27.6. The van der Waals surface area contributed by atoms with Gasteiger partial charge in [0.05, 0.1) is 4.90 Å². The van der Waals surface area contributed by atoms with Gasteiger partial charge in [-0.2, -0.15) is 4.31 Å². The van der Waals surface area contributed by atoms with Crippen LogP contribution in [0.2, 0.25) is 5.02 Å². The number of H-pyrrole nitrogens is 1. The molecule has 0 aliphatic carbocycles. The summed E-state index contributed by atoms with van der Waals surface area (Å²) in [6.07, 6.45) is 1.62. The molecule has 142 valence electrons. The number of hydrogen-bond acceptors (Lipinski definition) is 2. The summed E-state index contributed by atoms with van der Waals surface area (Å²) in [7, 11) is -3.43. The Morgan fingerprint density at radius 1 is 1.00 bits per heavy atom. The first-order valence-corrected chi connectivity index (χ1v) is 11.0. The van der Waals surface area contributed by atoms with Crippen molar-refractivity contribution in [2.45, 2.75) is 37.5 Å². The van der Waals surface area contributed by atoms with Gasteiger partial charge in [-0.1, -0.05) is 17.7 Å². The van der Waals surface area contributed by atoms with Gasteiger partial charge in [-0.15, -0.1) is 0 Å². The highest BCUT2D eigenvalue weighted by Gasteiger charge is 2.30. The Bertz CT molecular complexity index is 1100. The van der Waals surface area contributed by atoms with Crippen molar-refractivity contribution in [1.82, 2.24) is 9.29 Å². The van der Waals surface area contributed by atoms with Crippen LogP contribution in [0.4, 0.5) is 0 Å². The van der Waals surface area contributed by atoms with Crippen LogP contribution in [-0.2, 0) is 10.0 Å². The molecule has 1 saturated heterocycles. The first-order valence-electron chi connectivity index (χ1n) is 9.20. The fraction of sp³-hybridized carbons (Fsp3) is 0.333. The van der Waals surface area contributed by atoms with Gasteiger partial charge in [0.1, 0.15) is 0 Å². The lowest BCUT2D eigenvalue weighted by molar-refractivity contribution is 0.317. The monoisotopic (exact) mass is 402 g/mol. The smallest absolute Gasteiger partial charge is 0.243 e. The van der Waals surface area contributed by atoms with E-state index in [9.17, 15) is 8.42 Å². The minimum atomic E-state index is -3.43. The molecule has 3 aromatic rings. The Morgan fingerprint density at radius 2 is 1.74 bits per heavy atom. The number of halogens is 1. The molecule has 2 heterocycles. The lowest BCUT2D eigenvalue weighted by Gasteiger charge is -2.31. The number of piperidine rings is 1. The van der Waals surface area contributed by atoms with Gasteiger partial charge in [0.25, 0.3) is 0 Å². The van der Waals surface area contributed by atoms with Gasteiger partial charge >= 0.3 is 0 Å². The van der Waals surface area contributed by atoms with Crippen molar-refractivity contribution >= 4 is 32.5 Å². The highest BCUT2D eigenvalue weighted by molar-refractivity contribution is 7.89. The number of hydrogen-bond donors (Lipinski definition) is 1. The van der Waals surface area contributed by atoms with Crippen molar-refractivity contribution in [2.24, 2.45) is 0 Å². The molecule has 4 rings (SSSR count). The van der Waals surface area contributed by atoms with Gasteiger partial charge in [-0.3, -0.25) is 0 Å². The molecule has 6 heteroatoms. The molecule has 27 heavy (non-hydrogen) atoms. The predicted molar refractivity (Wildman–Crippen MR) is 110 cm³/mol. The maximum atomic E-state index is 13.0. The molecule has 0 spiro atoms.